The Kier molecular flexibility index (Phi) is 4.36. The van der Waals surface area contributed by atoms with E-state index in [1.54, 1.807) is 12.1 Å². The fourth-order valence-corrected chi connectivity index (χ4v) is 2.15. The van der Waals surface area contributed by atoms with Crippen molar-refractivity contribution < 1.29 is 9.72 Å². The molecule has 0 aliphatic heterocycles. The number of benzene rings is 1. The first kappa shape index (κ1) is 15.4. The lowest BCUT2D eigenvalue weighted by atomic mass is 10.1. The third-order valence-corrected chi connectivity index (χ3v) is 3.00. The second-order valence-electron chi connectivity index (χ2n) is 5.04. The molecule has 1 N–H and O–H groups in total. The molecule has 0 saturated carbocycles. The highest BCUT2D eigenvalue weighted by Crippen LogP contribution is 2.14. The topological polar surface area (TPSA) is 94.2 Å². The van der Waals surface area contributed by atoms with Gasteiger partial charge in [0.05, 0.1) is 11.1 Å². The summed E-state index contributed by atoms with van der Waals surface area (Å²) in [5.41, 5.74) is 1.92. The molecule has 1 heterocycles. The van der Waals surface area contributed by atoms with Crippen molar-refractivity contribution in [1.82, 2.24) is 4.57 Å². The summed E-state index contributed by atoms with van der Waals surface area (Å²) >= 11 is 0. The molecular formula is C15H15N3O4. The summed E-state index contributed by atoms with van der Waals surface area (Å²) in [5.74, 6) is -0.424. The zero-order valence-corrected chi connectivity index (χ0v) is 12.2. The lowest BCUT2D eigenvalue weighted by Gasteiger charge is -2.09. The molecule has 114 valence electrons. The second kappa shape index (κ2) is 6.21. The van der Waals surface area contributed by atoms with Crippen molar-refractivity contribution in [1.29, 1.82) is 0 Å². The van der Waals surface area contributed by atoms with Gasteiger partial charge in [-0.05, 0) is 37.1 Å². The summed E-state index contributed by atoms with van der Waals surface area (Å²) in [6.45, 7) is 3.54. The number of anilines is 1. The molecule has 2 rings (SSSR count). The summed E-state index contributed by atoms with van der Waals surface area (Å²) in [6.07, 6.45) is 1.06. The molecule has 0 unspecified atom stereocenters. The highest BCUT2D eigenvalue weighted by Gasteiger charge is 2.11. The van der Waals surface area contributed by atoms with Gasteiger partial charge in [-0.1, -0.05) is 6.07 Å². The maximum Gasteiger partial charge on any atom is 0.285 e. The Morgan fingerprint density at radius 2 is 1.86 bits per heavy atom. The molecule has 1 aromatic carbocycles. The van der Waals surface area contributed by atoms with Gasteiger partial charge >= 0.3 is 0 Å². The number of aryl methyl sites for hydroxylation is 2. The number of rotatable bonds is 4. The molecule has 0 aliphatic rings. The van der Waals surface area contributed by atoms with Crippen molar-refractivity contribution in [2.45, 2.75) is 20.4 Å². The second-order valence-corrected chi connectivity index (χ2v) is 5.04. The summed E-state index contributed by atoms with van der Waals surface area (Å²) in [6, 6.07) is 7.77. The van der Waals surface area contributed by atoms with Crippen LogP contribution in [0.25, 0.3) is 0 Å². The van der Waals surface area contributed by atoms with Gasteiger partial charge in [0.2, 0.25) is 5.91 Å². The minimum atomic E-state index is -0.613. The zero-order chi connectivity index (χ0) is 16.3. The van der Waals surface area contributed by atoms with Crippen LogP contribution < -0.4 is 10.9 Å². The largest absolute Gasteiger partial charge is 0.325 e. The SMILES string of the molecule is Cc1cc(C)cc(NC(=O)Cn2cc([N+](=O)[O-])ccc2=O)c1. The van der Waals surface area contributed by atoms with E-state index in [1.807, 2.05) is 19.9 Å². The molecule has 0 bridgehead atoms. The first-order valence-electron chi connectivity index (χ1n) is 6.58. The third-order valence-electron chi connectivity index (χ3n) is 3.00. The third kappa shape index (κ3) is 3.78. The average Bonchev–Trinajstić information content (AvgIpc) is 2.39. The van der Waals surface area contributed by atoms with Gasteiger partial charge in [-0.3, -0.25) is 24.3 Å². The van der Waals surface area contributed by atoms with Gasteiger partial charge in [-0.2, -0.15) is 0 Å². The number of aromatic nitrogens is 1. The van der Waals surface area contributed by atoms with Crippen molar-refractivity contribution in [2.24, 2.45) is 0 Å². The molecule has 0 saturated heterocycles. The van der Waals surface area contributed by atoms with Gasteiger partial charge in [-0.25, -0.2) is 0 Å². The van der Waals surface area contributed by atoms with Crippen LogP contribution in [0.15, 0.2) is 41.3 Å². The molecule has 0 spiro atoms. The van der Waals surface area contributed by atoms with Crippen LogP contribution in [0.4, 0.5) is 11.4 Å². The minimum Gasteiger partial charge on any atom is -0.325 e. The van der Waals surface area contributed by atoms with E-state index in [9.17, 15) is 19.7 Å². The highest BCUT2D eigenvalue weighted by atomic mass is 16.6. The number of carbonyl (C=O) groups excluding carboxylic acids is 1. The standard InChI is InChI=1S/C15H15N3O4/c1-10-5-11(2)7-12(6-10)16-14(19)9-17-8-13(18(21)22)3-4-15(17)20/h3-8H,9H2,1-2H3,(H,16,19). The van der Waals surface area contributed by atoms with Crippen LogP contribution in [0.2, 0.25) is 0 Å². The lowest BCUT2D eigenvalue weighted by molar-refractivity contribution is -0.385. The number of nitrogens with zero attached hydrogens (tertiary/aromatic N) is 2. The van der Waals surface area contributed by atoms with Crippen LogP contribution in [-0.2, 0) is 11.3 Å². The summed E-state index contributed by atoms with van der Waals surface area (Å²) in [7, 11) is 0. The smallest absolute Gasteiger partial charge is 0.285 e. The number of hydrogen-bond acceptors (Lipinski definition) is 4. The van der Waals surface area contributed by atoms with Gasteiger partial charge < -0.3 is 5.32 Å². The van der Waals surface area contributed by atoms with E-state index in [0.29, 0.717) is 5.69 Å². The fourth-order valence-electron chi connectivity index (χ4n) is 2.15. The van der Waals surface area contributed by atoms with Crippen molar-refractivity contribution in [3.63, 3.8) is 0 Å². The van der Waals surface area contributed by atoms with Gasteiger partial charge in [0, 0.05) is 17.8 Å². The van der Waals surface area contributed by atoms with Crippen LogP contribution in [0.5, 0.6) is 0 Å². The number of amides is 1. The Bertz CT molecular complexity index is 775. The van der Waals surface area contributed by atoms with Crippen molar-refractivity contribution in [3.05, 3.63) is 68.1 Å². The number of nitro groups is 1. The highest BCUT2D eigenvalue weighted by molar-refractivity contribution is 5.90. The number of pyridine rings is 1. The Balaban J connectivity index is 2.17. The molecule has 1 amide bonds. The van der Waals surface area contributed by atoms with Gasteiger partial charge in [0.25, 0.3) is 11.2 Å². The Morgan fingerprint density at radius 3 is 2.45 bits per heavy atom. The molecule has 7 heteroatoms. The van der Waals surface area contributed by atoms with Gasteiger partial charge in [0.1, 0.15) is 6.54 Å². The predicted molar refractivity (Wildman–Crippen MR) is 81.9 cm³/mol. The molecule has 0 atom stereocenters. The molecule has 0 radical (unpaired) electrons. The van der Waals surface area contributed by atoms with E-state index >= 15 is 0 Å². The number of carbonyl (C=O) groups is 1. The molecule has 0 fully saturated rings. The van der Waals surface area contributed by atoms with Crippen LogP contribution in [0.1, 0.15) is 11.1 Å². The molecule has 1 aromatic heterocycles. The van der Waals surface area contributed by atoms with E-state index in [4.69, 9.17) is 0 Å². The maximum atomic E-state index is 12.0. The Labute approximate surface area is 126 Å². The van der Waals surface area contributed by atoms with Crippen LogP contribution >= 0.6 is 0 Å². The first-order chi connectivity index (χ1) is 10.3. The quantitative estimate of drug-likeness (QED) is 0.690. The summed E-state index contributed by atoms with van der Waals surface area (Å²) in [5, 5.41) is 13.4. The van der Waals surface area contributed by atoms with Crippen molar-refractivity contribution >= 4 is 17.3 Å². The Hall–Kier alpha value is -2.96. The molecule has 2 aromatic rings. The number of hydrogen-bond donors (Lipinski definition) is 1. The zero-order valence-electron chi connectivity index (χ0n) is 12.2. The van der Waals surface area contributed by atoms with E-state index in [1.165, 1.54) is 0 Å². The van der Waals surface area contributed by atoms with Crippen molar-refractivity contribution in [2.75, 3.05) is 5.32 Å². The van der Waals surface area contributed by atoms with Crippen molar-refractivity contribution in [3.8, 4) is 0 Å². The van der Waals surface area contributed by atoms with Crippen LogP contribution in [-0.4, -0.2) is 15.4 Å². The maximum absolute atomic E-state index is 12.0. The van der Waals surface area contributed by atoms with Crippen LogP contribution in [0, 0.1) is 24.0 Å². The van der Waals surface area contributed by atoms with E-state index in [2.05, 4.69) is 5.32 Å². The number of nitrogens with one attached hydrogen (secondary N) is 1. The summed E-state index contributed by atoms with van der Waals surface area (Å²) in [4.78, 5) is 33.7. The lowest BCUT2D eigenvalue weighted by Crippen LogP contribution is -2.27. The van der Waals surface area contributed by atoms with E-state index in [-0.39, 0.29) is 12.2 Å². The van der Waals surface area contributed by atoms with E-state index < -0.39 is 16.4 Å². The normalized spacial score (nSPS) is 10.3. The molecule has 0 aliphatic carbocycles. The monoisotopic (exact) mass is 301 g/mol. The molecular weight excluding hydrogens is 286 g/mol. The minimum absolute atomic E-state index is 0.237. The predicted octanol–water partition coefficient (Wildman–Crippen LogP) is 2.01. The average molecular weight is 301 g/mol. The van der Waals surface area contributed by atoms with Gasteiger partial charge in [0.15, 0.2) is 0 Å². The molecule has 7 nitrogen and oxygen atoms in total. The first-order valence-corrected chi connectivity index (χ1v) is 6.58. The molecule has 22 heavy (non-hydrogen) atoms. The van der Waals surface area contributed by atoms with Crippen LogP contribution in [0.3, 0.4) is 0 Å². The summed E-state index contributed by atoms with van der Waals surface area (Å²) < 4.78 is 1.01. The fraction of sp³-hybridized carbons (Fsp3) is 0.200. The van der Waals surface area contributed by atoms with Gasteiger partial charge in [-0.15, -0.1) is 0 Å². The Morgan fingerprint density at radius 1 is 1.23 bits per heavy atom. The van der Waals surface area contributed by atoms with E-state index in [0.717, 1.165) is 34.0 Å².